The van der Waals surface area contributed by atoms with E-state index in [9.17, 15) is 24.6 Å². The number of esters is 1. The summed E-state index contributed by atoms with van der Waals surface area (Å²) in [5.74, 6) is -4.44. The van der Waals surface area contributed by atoms with E-state index in [1.165, 1.54) is 20.8 Å². The van der Waals surface area contributed by atoms with E-state index in [-0.39, 0.29) is 50.7 Å². The Hall–Kier alpha value is -3.61. The number of pyridine rings is 1. The molecule has 0 aromatic carbocycles. The highest BCUT2D eigenvalue weighted by molar-refractivity contribution is 7.15. The number of thiophene rings is 1. The van der Waals surface area contributed by atoms with Crippen molar-refractivity contribution < 1.29 is 53.1 Å². The number of ketones is 1. The summed E-state index contributed by atoms with van der Waals surface area (Å²) in [7, 11) is 3.74. The lowest BCUT2D eigenvalue weighted by atomic mass is 9.76. The minimum atomic E-state index is -1.86. The predicted molar refractivity (Wildman–Crippen MR) is 226 cm³/mol. The van der Waals surface area contributed by atoms with Gasteiger partial charge in [0.25, 0.3) is 0 Å². The molecular formula is C44H64N4O11S. The molecular weight excluding hydrogens is 793 g/mol. The van der Waals surface area contributed by atoms with Crippen LogP contribution in [0.25, 0.3) is 10.4 Å². The average Bonchev–Trinajstić information content (AvgIpc) is 3.67. The zero-order valence-electron chi connectivity index (χ0n) is 36.8. The molecule has 5 heterocycles. The molecule has 0 radical (unpaired) electrons. The zero-order chi connectivity index (χ0) is 44.1. The van der Waals surface area contributed by atoms with Gasteiger partial charge in [0.05, 0.1) is 31.0 Å². The maximum absolute atomic E-state index is 14.5. The summed E-state index contributed by atoms with van der Waals surface area (Å²) in [6, 6.07) is 7.50. The lowest BCUT2D eigenvalue weighted by Gasteiger charge is -2.47. The van der Waals surface area contributed by atoms with Gasteiger partial charge in [0.1, 0.15) is 35.5 Å². The number of hydrogen-bond donors (Lipinski definition) is 3. The van der Waals surface area contributed by atoms with Crippen molar-refractivity contribution in [1.29, 1.82) is 0 Å². The van der Waals surface area contributed by atoms with Crippen molar-refractivity contribution in [2.45, 2.75) is 142 Å². The van der Waals surface area contributed by atoms with Crippen LogP contribution in [0.1, 0.15) is 86.5 Å². The molecule has 0 aliphatic carbocycles. The Morgan fingerprint density at radius 2 is 1.87 bits per heavy atom. The van der Waals surface area contributed by atoms with Crippen LogP contribution in [-0.4, -0.2) is 125 Å². The fourth-order valence-corrected chi connectivity index (χ4v) is 9.65. The molecule has 0 unspecified atom stereocenters. The van der Waals surface area contributed by atoms with Gasteiger partial charge in [0.2, 0.25) is 5.91 Å². The number of nitrogens with zero attached hydrogens (tertiary/aromatic N) is 3. The summed E-state index contributed by atoms with van der Waals surface area (Å²) in [6.45, 7) is 15.0. The number of aromatic nitrogens is 1. The van der Waals surface area contributed by atoms with Crippen LogP contribution >= 0.6 is 11.3 Å². The van der Waals surface area contributed by atoms with Gasteiger partial charge in [0, 0.05) is 52.3 Å². The number of cyclic esters (lactones) is 1. The molecule has 1 fully saturated rings. The topological polar surface area (TPSA) is 188 Å². The van der Waals surface area contributed by atoms with E-state index < -0.39 is 71.4 Å². The molecule has 0 saturated carbocycles. The minimum Gasteiger partial charge on any atom is -0.459 e. The third kappa shape index (κ3) is 10.9. The molecule has 2 aromatic rings. The lowest BCUT2D eigenvalue weighted by molar-refractivity contribution is -0.296. The second-order valence-electron chi connectivity index (χ2n) is 17.2. The zero-order valence-corrected chi connectivity index (χ0v) is 37.6. The highest BCUT2D eigenvalue weighted by Gasteiger charge is 2.52. The third-order valence-corrected chi connectivity index (χ3v) is 13.1. The Kier molecular flexibility index (Phi) is 15.9. The van der Waals surface area contributed by atoms with Gasteiger partial charge < -0.3 is 49.0 Å². The molecule has 0 spiro atoms. The van der Waals surface area contributed by atoms with Crippen LogP contribution in [0.2, 0.25) is 0 Å². The van der Waals surface area contributed by atoms with Crippen LogP contribution in [0, 0.1) is 17.8 Å². The van der Waals surface area contributed by atoms with Crippen LogP contribution < -0.4 is 5.32 Å². The van der Waals surface area contributed by atoms with Crippen LogP contribution in [0.3, 0.4) is 0 Å². The monoisotopic (exact) mass is 856 g/mol. The summed E-state index contributed by atoms with van der Waals surface area (Å²) < 4.78 is 32.5. The standard InChI is InChI=1S/C44H64N4O11S/c1-12-35-44(9,53)40-26(4)36(46-29(7)49)24(2)19-43(8,55-22-31(21-54-40)47-56-23-32-15-16-34(60-32)30-14-13-17-45-20-30)39(27(5)37(50)28(6)41(52)58-35)59-42-38(51)33(48(10)11)18-25(3)57-42/h13-17,20,24-25,27-28,33,35,38-40,42,51,53H,12,18-19,21-23H2,1-11H3,(H,46,49)/t24-,25-,27+,28-,33+,35-,38-,39-,40-,42+,43-,44-/m1/s1. The molecule has 5 rings (SSSR count). The van der Waals surface area contributed by atoms with Gasteiger partial charge in [-0.05, 0) is 97.7 Å². The fraction of sp³-hybridized carbons (Fsp3) is 0.659. The van der Waals surface area contributed by atoms with Gasteiger partial charge in [-0.2, -0.15) is 0 Å². The summed E-state index contributed by atoms with van der Waals surface area (Å²) in [5.41, 5.74) is -0.999. The van der Waals surface area contributed by atoms with Crippen molar-refractivity contribution in [1.82, 2.24) is 15.2 Å². The van der Waals surface area contributed by atoms with Crippen molar-refractivity contribution >= 4 is 34.7 Å². The first-order valence-corrected chi connectivity index (χ1v) is 21.6. The lowest BCUT2D eigenvalue weighted by Crippen LogP contribution is -2.59. The van der Waals surface area contributed by atoms with Crippen molar-refractivity contribution in [2.75, 3.05) is 27.3 Å². The number of likely N-dealkylation sites (N-methyl/N-ethyl adjacent to an activating group) is 1. The number of rotatable bonds is 9. The maximum atomic E-state index is 14.5. The molecule has 16 heteroatoms. The highest BCUT2D eigenvalue weighted by Crippen LogP contribution is 2.40. The van der Waals surface area contributed by atoms with Gasteiger partial charge in [-0.1, -0.05) is 32.0 Å². The number of carbonyl (C=O) groups is 3. The van der Waals surface area contributed by atoms with Gasteiger partial charge in [-0.25, -0.2) is 0 Å². The first kappa shape index (κ1) is 47.4. The highest BCUT2D eigenvalue weighted by atomic mass is 32.1. The van der Waals surface area contributed by atoms with Crippen LogP contribution in [-0.2, 0) is 49.5 Å². The number of fused-ring (bicyclic) bond motifs is 4. The molecule has 2 bridgehead atoms. The van der Waals surface area contributed by atoms with E-state index in [0.29, 0.717) is 23.4 Å². The molecule has 3 aliphatic rings. The van der Waals surface area contributed by atoms with E-state index in [1.807, 2.05) is 57.1 Å². The van der Waals surface area contributed by atoms with E-state index in [4.69, 9.17) is 28.5 Å². The Balaban J connectivity index is 1.65. The van der Waals surface area contributed by atoms with E-state index in [1.54, 1.807) is 51.4 Å². The largest absolute Gasteiger partial charge is 0.459 e. The molecule has 1 amide bonds. The summed E-state index contributed by atoms with van der Waals surface area (Å²) in [5, 5.41) is 31.6. The van der Waals surface area contributed by atoms with Crippen molar-refractivity contribution in [3.8, 4) is 10.4 Å². The number of allylic oxidation sites excluding steroid dienone is 1. The number of aliphatic hydroxyl groups excluding tert-OH is 1. The summed E-state index contributed by atoms with van der Waals surface area (Å²) in [4.78, 5) is 55.3. The van der Waals surface area contributed by atoms with Crippen LogP contribution in [0.4, 0.5) is 0 Å². The second-order valence-corrected chi connectivity index (χ2v) is 18.4. The summed E-state index contributed by atoms with van der Waals surface area (Å²) >= 11 is 1.55. The third-order valence-electron chi connectivity index (χ3n) is 12.0. The smallest absolute Gasteiger partial charge is 0.316 e. The maximum Gasteiger partial charge on any atom is 0.316 e. The first-order chi connectivity index (χ1) is 28.3. The molecule has 60 heavy (non-hydrogen) atoms. The molecule has 2 aromatic heterocycles. The Morgan fingerprint density at radius 3 is 2.52 bits per heavy atom. The van der Waals surface area contributed by atoms with Crippen molar-refractivity contribution in [3.05, 3.63) is 52.8 Å². The average molecular weight is 857 g/mol. The normalized spacial score (nSPS) is 35.7. The Labute approximate surface area is 357 Å². The number of aliphatic hydroxyl groups is 2. The molecule has 15 nitrogen and oxygen atoms in total. The number of Topliss-reactive ketones (excluding diaryl/α,β-unsaturated/α-hetero) is 1. The number of oxime groups is 1. The molecule has 3 aliphatic heterocycles. The van der Waals surface area contributed by atoms with Gasteiger partial charge in [-0.15, -0.1) is 11.3 Å². The molecule has 1 saturated heterocycles. The van der Waals surface area contributed by atoms with E-state index >= 15 is 0 Å². The predicted octanol–water partition coefficient (Wildman–Crippen LogP) is 5.03. The number of hydrogen-bond acceptors (Lipinski definition) is 15. The molecule has 12 atom stereocenters. The minimum absolute atomic E-state index is 0.140. The number of nitrogens with one attached hydrogen (secondary N) is 1. The summed E-state index contributed by atoms with van der Waals surface area (Å²) in [6.07, 6.45) is -1.58. The van der Waals surface area contributed by atoms with E-state index in [2.05, 4.69) is 15.5 Å². The fourth-order valence-electron chi connectivity index (χ4n) is 8.75. The second kappa shape index (κ2) is 20.1. The van der Waals surface area contributed by atoms with Crippen molar-refractivity contribution in [3.63, 3.8) is 0 Å². The van der Waals surface area contributed by atoms with Crippen molar-refractivity contribution in [2.24, 2.45) is 22.9 Å². The first-order valence-electron chi connectivity index (χ1n) is 20.8. The molecule has 332 valence electrons. The number of carbonyl (C=O) groups excluding carboxylic acids is 3. The van der Waals surface area contributed by atoms with Gasteiger partial charge in [-0.3, -0.25) is 19.4 Å². The van der Waals surface area contributed by atoms with Gasteiger partial charge in [0.15, 0.2) is 18.7 Å². The van der Waals surface area contributed by atoms with Crippen LogP contribution in [0.15, 0.2) is 53.1 Å². The van der Waals surface area contributed by atoms with Crippen LogP contribution in [0.5, 0.6) is 0 Å². The Morgan fingerprint density at radius 1 is 1.13 bits per heavy atom. The SMILES string of the molecule is CC[C@H]1OC(=O)[C@H](C)C(=O)[C@H](C)[C@@H](O[C@@H]2O[C@H](C)C[C@H](N(C)C)[C@H]2O)[C@@]2(C)C[C@@H](C)C(NC(C)=O)=C(C)[C@@H](OCC(=NOCc3ccc(-c4cccnc4)s3)CO2)[C@]1(C)O. The van der Waals surface area contributed by atoms with E-state index in [0.717, 1.165) is 15.3 Å². The quantitative estimate of drug-likeness (QED) is 0.173. The number of ether oxygens (including phenoxy) is 5. The van der Waals surface area contributed by atoms with Gasteiger partial charge >= 0.3 is 5.97 Å². The number of amides is 1. The Bertz CT molecular complexity index is 1870. The molecule has 3 N–H and O–H groups in total.